The van der Waals surface area contributed by atoms with Gasteiger partial charge >= 0.3 is 6.92 Å². The van der Waals surface area contributed by atoms with Gasteiger partial charge in [0.15, 0.2) is 0 Å². The van der Waals surface area contributed by atoms with Gasteiger partial charge in [0.1, 0.15) is 11.3 Å². The van der Waals surface area contributed by atoms with E-state index in [-0.39, 0.29) is 6.92 Å². The Morgan fingerprint density at radius 3 is 2.68 bits per heavy atom. The Morgan fingerprint density at radius 1 is 1.05 bits per heavy atom. The molecule has 0 spiro atoms. The first-order valence-corrected chi connectivity index (χ1v) is 7.95. The summed E-state index contributed by atoms with van der Waals surface area (Å²) in [7, 11) is 0. The molecule has 4 rings (SSSR count). The molecule has 1 aliphatic carbocycles. The quantitative estimate of drug-likeness (QED) is 0.669. The largest absolute Gasteiger partial charge is 0.554 e. The fourth-order valence-corrected chi connectivity index (χ4v) is 3.03. The first kappa shape index (κ1) is 13.7. The third kappa shape index (κ3) is 2.69. The molecule has 1 aliphatic rings. The van der Waals surface area contributed by atoms with Crippen LogP contribution in [-0.4, -0.2) is 11.9 Å². The van der Waals surface area contributed by atoms with Gasteiger partial charge in [0, 0.05) is 16.6 Å². The van der Waals surface area contributed by atoms with Gasteiger partial charge in [-0.2, -0.15) is 0 Å². The van der Waals surface area contributed by atoms with Gasteiger partial charge in [-0.15, -0.1) is 0 Å². The van der Waals surface area contributed by atoms with E-state index in [0.29, 0.717) is 5.82 Å². The lowest BCUT2D eigenvalue weighted by Crippen LogP contribution is -2.37. The van der Waals surface area contributed by atoms with Gasteiger partial charge in [-0.3, -0.25) is 4.98 Å². The van der Waals surface area contributed by atoms with E-state index in [9.17, 15) is 0 Å². The summed E-state index contributed by atoms with van der Waals surface area (Å²) in [4.78, 5) is 4.47. The highest BCUT2D eigenvalue weighted by Crippen LogP contribution is 2.40. The van der Waals surface area contributed by atoms with Gasteiger partial charge in [0.2, 0.25) is 0 Å². The number of fused-ring (bicyclic) bond motifs is 1. The molecule has 3 aromatic rings. The molecular formula is C18H15BClNO. The maximum absolute atomic E-state index is 6.37. The zero-order valence-electron chi connectivity index (χ0n) is 12.1. The molecule has 0 amide bonds. The van der Waals surface area contributed by atoms with Crippen molar-refractivity contribution in [2.45, 2.75) is 18.7 Å². The molecular weight excluding hydrogens is 292 g/mol. The predicted molar refractivity (Wildman–Crippen MR) is 92.2 cm³/mol. The highest BCUT2D eigenvalue weighted by molar-refractivity contribution is 6.70. The molecule has 2 aromatic carbocycles. The van der Waals surface area contributed by atoms with Crippen LogP contribution in [0.3, 0.4) is 0 Å². The van der Waals surface area contributed by atoms with Gasteiger partial charge in [0.05, 0.1) is 0 Å². The molecule has 0 saturated heterocycles. The number of halogens is 1. The fourth-order valence-electron chi connectivity index (χ4n) is 2.83. The maximum Gasteiger partial charge on any atom is 0.394 e. The third-order valence-electron chi connectivity index (χ3n) is 4.08. The SMILES string of the molecule is Clc1cccc(B(Oc2cccc3cccnc23)C2CC2)c1. The smallest absolute Gasteiger partial charge is 0.394 e. The molecule has 4 heteroatoms. The molecule has 22 heavy (non-hydrogen) atoms. The van der Waals surface area contributed by atoms with Gasteiger partial charge < -0.3 is 4.65 Å². The van der Waals surface area contributed by atoms with Crippen LogP contribution in [0, 0.1) is 0 Å². The van der Waals surface area contributed by atoms with Crippen LogP contribution in [0.4, 0.5) is 0 Å². The molecule has 0 aliphatic heterocycles. The van der Waals surface area contributed by atoms with Gasteiger partial charge in [-0.1, -0.05) is 54.8 Å². The first-order valence-electron chi connectivity index (χ1n) is 7.57. The zero-order valence-corrected chi connectivity index (χ0v) is 12.8. The second kappa shape index (κ2) is 5.66. The average molecular weight is 308 g/mol. The number of hydrogen-bond acceptors (Lipinski definition) is 2. The fraction of sp³-hybridized carbons (Fsp3) is 0.167. The standard InChI is InChI=1S/C18H15BClNO/c20-16-7-2-6-15(12-16)19(14-9-10-14)22-17-8-1-4-13-5-3-11-21-18(13)17/h1-8,11-12,14H,9-10H2. The van der Waals surface area contributed by atoms with Crippen LogP contribution < -0.4 is 10.1 Å². The monoisotopic (exact) mass is 307 g/mol. The Morgan fingerprint density at radius 2 is 1.86 bits per heavy atom. The maximum atomic E-state index is 6.37. The summed E-state index contributed by atoms with van der Waals surface area (Å²) in [6.07, 6.45) is 4.21. The predicted octanol–water partition coefficient (Wildman–Crippen LogP) is 4.33. The van der Waals surface area contributed by atoms with E-state index in [1.165, 1.54) is 12.8 Å². The summed E-state index contributed by atoms with van der Waals surface area (Å²) in [5.41, 5.74) is 2.06. The van der Waals surface area contributed by atoms with Crippen molar-refractivity contribution in [2.75, 3.05) is 0 Å². The van der Waals surface area contributed by atoms with E-state index < -0.39 is 0 Å². The minimum Gasteiger partial charge on any atom is -0.554 e. The number of hydrogen-bond donors (Lipinski definition) is 0. The van der Waals surface area contributed by atoms with E-state index in [4.69, 9.17) is 16.3 Å². The Labute approximate surface area is 135 Å². The van der Waals surface area contributed by atoms with Crippen molar-refractivity contribution >= 4 is 34.9 Å². The normalized spacial score (nSPS) is 14.0. The van der Waals surface area contributed by atoms with Crippen molar-refractivity contribution in [2.24, 2.45) is 0 Å². The van der Waals surface area contributed by atoms with Crippen LogP contribution in [-0.2, 0) is 0 Å². The second-order valence-corrected chi connectivity index (χ2v) is 6.20. The van der Waals surface area contributed by atoms with Crippen LogP contribution in [0.25, 0.3) is 10.9 Å². The van der Waals surface area contributed by atoms with Crippen LogP contribution >= 0.6 is 11.6 Å². The summed E-state index contributed by atoms with van der Waals surface area (Å²) >= 11 is 6.14. The molecule has 0 radical (unpaired) electrons. The summed E-state index contributed by atoms with van der Waals surface area (Å²) in [5.74, 6) is 1.41. The number of pyridine rings is 1. The van der Waals surface area contributed by atoms with Crippen molar-refractivity contribution in [3.63, 3.8) is 0 Å². The number of benzene rings is 2. The molecule has 1 heterocycles. The highest BCUT2D eigenvalue weighted by Gasteiger charge is 2.39. The topological polar surface area (TPSA) is 22.1 Å². The lowest BCUT2D eigenvalue weighted by atomic mass is 9.56. The molecule has 1 fully saturated rings. The van der Waals surface area contributed by atoms with Crippen LogP contribution in [0.15, 0.2) is 60.8 Å². The molecule has 1 aromatic heterocycles. The van der Waals surface area contributed by atoms with Gasteiger partial charge in [0.25, 0.3) is 0 Å². The van der Waals surface area contributed by atoms with Crippen LogP contribution in [0.5, 0.6) is 5.75 Å². The Balaban J connectivity index is 1.72. The summed E-state index contributed by atoms with van der Waals surface area (Å²) in [6, 6.07) is 18.0. The second-order valence-electron chi connectivity index (χ2n) is 5.76. The lowest BCUT2D eigenvalue weighted by Gasteiger charge is -2.17. The van der Waals surface area contributed by atoms with Crippen molar-refractivity contribution < 1.29 is 4.65 Å². The Kier molecular flexibility index (Phi) is 3.51. The summed E-state index contributed by atoms with van der Waals surface area (Å²) in [5, 5.41) is 1.85. The molecule has 0 unspecified atom stereocenters. The van der Waals surface area contributed by atoms with Crippen molar-refractivity contribution in [3.05, 3.63) is 65.8 Å². The Bertz CT molecular complexity index is 814. The highest BCUT2D eigenvalue weighted by atomic mass is 35.5. The lowest BCUT2D eigenvalue weighted by molar-refractivity contribution is 0.581. The molecule has 1 saturated carbocycles. The molecule has 2 nitrogen and oxygen atoms in total. The van der Waals surface area contributed by atoms with Crippen LogP contribution in [0.2, 0.25) is 10.8 Å². The summed E-state index contributed by atoms with van der Waals surface area (Å²) in [6.45, 7) is 0.0475. The van der Waals surface area contributed by atoms with E-state index in [2.05, 4.69) is 23.2 Å². The van der Waals surface area contributed by atoms with Gasteiger partial charge in [-0.25, -0.2) is 0 Å². The van der Waals surface area contributed by atoms with E-state index in [1.54, 1.807) is 6.20 Å². The molecule has 0 bridgehead atoms. The van der Waals surface area contributed by atoms with Gasteiger partial charge in [-0.05, 0) is 35.5 Å². The van der Waals surface area contributed by atoms with Crippen LogP contribution in [0.1, 0.15) is 12.8 Å². The van der Waals surface area contributed by atoms with Crippen molar-refractivity contribution in [1.82, 2.24) is 4.98 Å². The third-order valence-corrected chi connectivity index (χ3v) is 4.31. The van der Waals surface area contributed by atoms with Crippen molar-refractivity contribution in [1.29, 1.82) is 0 Å². The number of rotatable bonds is 4. The molecule has 108 valence electrons. The molecule has 0 N–H and O–H groups in total. The zero-order chi connectivity index (χ0) is 14.9. The number of aromatic nitrogens is 1. The minimum atomic E-state index is 0.0475. The van der Waals surface area contributed by atoms with E-state index >= 15 is 0 Å². The average Bonchev–Trinajstić information content (AvgIpc) is 3.37. The van der Waals surface area contributed by atoms with Crippen molar-refractivity contribution in [3.8, 4) is 5.75 Å². The van der Waals surface area contributed by atoms with E-state index in [1.807, 2.05) is 36.4 Å². The summed E-state index contributed by atoms with van der Waals surface area (Å²) < 4.78 is 6.37. The number of nitrogens with zero attached hydrogens (tertiary/aromatic N) is 1. The minimum absolute atomic E-state index is 0.0475. The number of para-hydroxylation sites is 1. The Hall–Kier alpha value is -2.00. The molecule has 0 atom stereocenters. The van der Waals surface area contributed by atoms with E-state index in [0.717, 1.165) is 27.1 Å². The first-order chi connectivity index (χ1) is 10.8.